The fourth-order valence-electron chi connectivity index (χ4n) is 4.60. The number of allylic oxidation sites excluding steroid dienone is 4. The molecule has 196 valence electrons. The van der Waals surface area contributed by atoms with Crippen LogP contribution in [0.3, 0.4) is 0 Å². The number of hydrogen-bond donors (Lipinski definition) is 3. The normalized spacial score (nSPS) is 14.5. The van der Waals surface area contributed by atoms with Crippen LogP contribution in [-0.4, -0.2) is 27.0 Å². The van der Waals surface area contributed by atoms with E-state index < -0.39 is 5.97 Å². The molecule has 1 amide bonds. The van der Waals surface area contributed by atoms with Crippen molar-refractivity contribution in [2.45, 2.75) is 18.9 Å². The molecular weight excluding hydrogens is 533 g/mol. The Morgan fingerprint density at radius 1 is 1.08 bits per heavy atom. The van der Waals surface area contributed by atoms with Crippen LogP contribution in [0.25, 0.3) is 22.2 Å². The Hall–Kier alpha value is -4.13. The summed E-state index contributed by atoms with van der Waals surface area (Å²) in [6.07, 6.45) is 5.36. The first-order valence-electron chi connectivity index (χ1n) is 12.4. The van der Waals surface area contributed by atoms with Gasteiger partial charge in [0.15, 0.2) is 0 Å². The van der Waals surface area contributed by atoms with E-state index in [4.69, 9.17) is 23.2 Å². The molecule has 39 heavy (non-hydrogen) atoms. The predicted octanol–water partition coefficient (Wildman–Crippen LogP) is 7.64. The van der Waals surface area contributed by atoms with Gasteiger partial charge in [0.1, 0.15) is 5.82 Å². The summed E-state index contributed by atoms with van der Waals surface area (Å²) in [5.74, 6) is -0.669. The summed E-state index contributed by atoms with van der Waals surface area (Å²) in [4.78, 5) is 33.5. The molecule has 8 heteroatoms. The van der Waals surface area contributed by atoms with Gasteiger partial charge >= 0.3 is 5.97 Å². The van der Waals surface area contributed by atoms with Crippen LogP contribution >= 0.6 is 23.2 Å². The van der Waals surface area contributed by atoms with Crippen molar-refractivity contribution >= 4 is 57.3 Å². The van der Waals surface area contributed by atoms with Crippen molar-refractivity contribution in [1.82, 2.24) is 15.3 Å². The SMILES string of the molecule is C=C(/C(=C\C=C/Cl)c1nc2ccccc2[nH]1)c1ccc(C(=O)NC(c2ccc(Cl)cc2)C2CC2)cc1C(=O)O. The van der Waals surface area contributed by atoms with E-state index in [-0.39, 0.29) is 23.1 Å². The van der Waals surface area contributed by atoms with E-state index in [0.717, 1.165) is 29.4 Å². The van der Waals surface area contributed by atoms with Crippen LogP contribution in [0.2, 0.25) is 5.02 Å². The number of aromatic amines is 1. The highest BCUT2D eigenvalue weighted by Crippen LogP contribution is 2.41. The first kappa shape index (κ1) is 26.5. The molecule has 1 aliphatic rings. The average molecular weight is 558 g/mol. The molecule has 1 aromatic heterocycles. The van der Waals surface area contributed by atoms with Gasteiger partial charge < -0.3 is 15.4 Å². The number of imidazole rings is 1. The first-order valence-corrected chi connectivity index (χ1v) is 13.2. The molecule has 0 spiro atoms. The number of benzene rings is 3. The molecule has 1 saturated carbocycles. The zero-order valence-electron chi connectivity index (χ0n) is 20.8. The van der Waals surface area contributed by atoms with Crippen LogP contribution in [0.4, 0.5) is 0 Å². The molecule has 0 radical (unpaired) electrons. The lowest BCUT2D eigenvalue weighted by Crippen LogP contribution is -2.30. The second kappa shape index (κ2) is 11.3. The minimum Gasteiger partial charge on any atom is -0.478 e. The maximum atomic E-state index is 13.3. The van der Waals surface area contributed by atoms with E-state index in [2.05, 4.69) is 21.9 Å². The molecule has 3 N–H and O–H groups in total. The van der Waals surface area contributed by atoms with Gasteiger partial charge in [0, 0.05) is 21.7 Å². The lowest BCUT2D eigenvalue weighted by Gasteiger charge is -2.20. The first-order chi connectivity index (χ1) is 18.9. The number of carboxylic acids is 1. The van der Waals surface area contributed by atoms with Crippen LogP contribution < -0.4 is 5.32 Å². The third-order valence-corrected chi connectivity index (χ3v) is 7.15. The van der Waals surface area contributed by atoms with Gasteiger partial charge in [0.25, 0.3) is 5.91 Å². The van der Waals surface area contributed by atoms with Crippen LogP contribution in [0.1, 0.15) is 56.6 Å². The number of rotatable bonds is 9. The number of aromatic carboxylic acids is 1. The van der Waals surface area contributed by atoms with Crippen molar-refractivity contribution in [2.75, 3.05) is 0 Å². The summed E-state index contributed by atoms with van der Waals surface area (Å²) in [7, 11) is 0. The fraction of sp³-hybridized carbons (Fsp3) is 0.129. The Kier molecular flexibility index (Phi) is 7.68. The number of aromatic nitrogens is 2. The number of nitrogens with zero attached hydrogens (tertiary/aromatic N) is 1. The number of amides is 1. The number of halogens is 2. The molecule has 5 rings (SSSR count). The number of carbonyl (C=O) groups is 2. The molecule has 0 saturated heterocycles. The monoisotopic (exact) mass is 557 g/mol. The third-order valence-electron chi connectivity index (χ3n) is 6.75. The molecule has 1 fully saturated rings. The van der Waals surface area contributed by atoms with E-state index in [0.29, 0.717) is 33.5 Å². The summed E-state index contributed by atoms with van der Waals surface area (Å²) >= 11 is 11.8. The molecule has 1 atom stereocenters. The number of hydrogen-bond acceptors (Lipinski definition) is 3. The zero-order valence-corrected chi connectivity index (χ0v) is 22.3. The van der Waals surface area contributed by atoms with Gasteiger partial charge in [-0.1, -0.05) is 66.2 Å². The maximum Gasteiger partial charge on any atom is 0.336 e. The standard InChI is InChI=1S/C31H25Cl2N3O3/c1-18(24(5-4-16-32)29-34-26-6-2-3-7-27(26)35-29)23-15-12-21(17-25(23)31(38)39)30(37)36-28(19-8-9-19)20-10-13-22(33)14-11-20/h2-7,10-17,19,28H,1,8-9H2,(H,34,35)(H,36,37)(H,38,39)/b16-4-,24-5+. The number of nitrogens with one attached hydrogen (secondary N) is 2. The van der Waals surface area contributed by atoms with Gasteiger partial charge in [-0.25, -0.2) is 9.78 Å². The molecular formula is C31H25Cl2N3O3. The van der Waals surface area contributed by atoms with Gasteiger partial charge in [-0.2, -0.15) is 0 Å². The van der Waals surface area contributed by atoms with Crippen LogP contribution in [0.15, 0.2) is 91.0 Å². The third kappa shape index (κ3) is 5.82. The highest BCUT2D eigenvalue weighted by Gasteiger charge is 2.34. The van der Waals surface area contributed by atoms with Crippen molar-refractivity contribution in [3.8, 4) is 0 Å². The number of fused-ring (bicyclic) bond motifs is 1. The van der Waals surface area contributed by atoms with Crippen molar-refractivity contribution in [3.05, 3.63) is 124 Å². The smallest absolute Gasteiger partial charge is 0.336 e. The van der Waals surface area contributed by atoms with Crippen LogP contribution in [0.5, 0.6) is 0 Å². The average Bonchev–Trinajstić information content (AvgIpc) is 3.69. The summed E-state index contributed by atoms with van der Waals surface area (Å²) in [6.45, 7) is 4.19. The van der Waals surface area contributed by atoms with E-state index in [1.165, 1.54) is 11.6 Å². The lowest BCUT2D eigenvalue weighted by molar-refractivity contribution is 0.0696. The second-order valence-corrected chi connectivity index (χ2v) is 10.1. The van der Waals surface area contributed by atoms with Gasteiger partial charge in [0.05, 0.1) is 22.6 Å². The second-order valence-electron chi connectivity index (χ2n) is 9.39. The van der Waals surface area contributed by atoms with E-state index >= 15 is 0 Å². The topological polar surface area (TPSA) is 95.1 Å². The molecule has 1 heterocycles. The van der Waals surface area contributed by atoms with E-state index in [1.54, 1.807) is 36.4 Å². The number of para-hydroxylation sites is 2. The Morgan fingerprint density at radius 3 is 2.49 bits per heavy atom. The molecule has 6 nitrogen and oxygen atoms in total. The number of carboxylic acid groups (broad SMARTS) is 1. The van der Waals surface area contributed by atoms with Crippen molar-refractivity contribution in [1.29, 1.82) is 0 Å². The summed E-state index contributed by atoms with van der Waals surface area (Å²) in [6, 6.07) is 19.4. The van der Waals surface area contributed by atoms with Gasteiger partial charge in [-0.05, 0) is 77.9 Å². The molecule has 3 aromatic carbocycles. The van der Waals surface area contributed by atoms with Crippen molar-refractivity contribution in [3.63, 3.8) is 0 Å². The van der Waals surface area contributed by atoms with Gasteiger partial charge in [0.2, 0.25) is 0 Å². The Balaban J connectivity index is 1.46. The van der Waals surface area contributed by atoms with Gasteiger partial charge in [-0.15, -0.1) is 0 Å². The lowest BCUT2D eigenvalue weighted by atomic mass is 9.92. The van der Waals surface area contributed by atoms with Crippen molar-refractivity contribution < 1.29 is 14.7 Å². The maximum absolute atomic E-state index is 13.3. The van der Waals surface area contributed by atoms with E-state index in [9.17, 15) is 14.7 Å². The Bertz CT molecular complexity index is 1600. The van der Waals surface area contributed by atoms with Crippen molar-refractivity contribution in [2.24, 2.45) is 5.92 Å². The molecule has 0 bridgehead atoms. The quantitative estimate of drug-likeness (QED) is 0.184. The van der Waals surface area contributed by atoms with Crippen LogP contribution in [0, 0.1) is 5.92 Å². The highest BCUT2D eigenvalue weighted by atomic mass is 35.5. The minimum absolute atomic E-state index is 0.0426. The predicted molar refractivity (Wildman–Crippen MR) is 156 cm³/mol. The number of H-pyrrole nitrogens is 1. The number of carbonyl (C=O) groups excluding carboxylic acids is 1. The van der Waals surface area contributed by atoms with E-state index in [1.807, 2.05) is 36.4 Å². The largest absolute Gasteiger partial charge is 0.478 e. The minimum atomic E-state index is -1.17. The molecule has 1 unspecified atom stereocenters. The Labute approximate surface area is 235 Å². The molecule has 1 aliphatic carbocycles. The summed E-state index contributed by atoms with van der Waals surface area (Å²) < 4.78 is 0. The molecule has 0 aliphatic heterocycles. The summed E-state index contributed by atoms with van der Waals surface area (Å²) in [5.41, 5.74) is 5.46. The Morgan fingerprint density at radius 2 is 1.82 bits per heavy atom. The highest BCUT2D eigenvalue weighted by molar-refractivity contribution is 6.30. The zero-order chi connectivity index (χ0) is 27.5. The van der Waals surface area contributed by atoms with Gasteiger partial charge in [-0.3, -0.25) is 4.79 Å². The molecule has 4 aromatic rings. The fourth-order valence-corrected chi connectivity index (χ4v) is 4.80. The summed E-state index contributed by atoms with van der Waals surface area (Å²) in [5, 5.41) is 13.8. The van der Waals surface area contributed by atoms with Crippen LogP contribution in [-0.2, 0) is 0 Å².